The fourth-order valence-corrected chi connectivity index (χ4v) is 1.72. The number of fused-ring (bicyclic) bond motifs is 1. The molecule has 2 aromatic heterocycles. The normalized spacial score (nSPS) is 14.8. The predicted molar refractivity (Wildman–Crippen MR) is 65.1 cm³/mol. The molecule has 0 radical (unpaired) electrons. The Morgan fingerprint density at radius 1 is 1.72 bits per heavy atom. The molecule has 0 aliphatic carbocycles. The van der Waals surface area contributed by atoms with Gasteiger partial charge in [0, 0.05) is 0 Å². The van der Waals surface area contributed by atoms with Crippen molar-refractivity contribution in [3.05, 3.63) is 16.7 Å². The number of H-pyrrole nitrogens is 1. The van der Waals surface area contributed by atoms with E-state index in [1.807, 2.05) is 0 Å². The Balaban J connectivity index is 2.55. The van der Waals surface area contributed by atoms with Crippen molar-refractivity contribution in [2.75, 3.05) is 18.9 Å². The number of nitrogens with two attached hydrogens (primary N) is 1. The number of nitrogens with zero attached hydrogens (tertiary/aromatic N) is 3. The van der Waals surface area contributed by atoms with Crippen LogP contribution in [0.2, 0.25) is 0 Å². The maximum atomic E-state index is 11.6. The highest BCUT2D eigenvalue weighted by molar-refractivity contribution is 6.21. The lowest BCUT2D eigenvalue weighted by atomic mass is 10.5. The van der Waals surface area contributed by atoms with Crippen LogP contribution in [0.3, 0.4) is 0 Å². The van der Waals surface area contributed by atoms with Gasteiger partial charge < -0.3 is 15.6 Å². The minimum Gasteiger partial charge on any atom is -0.394 e. The van der Waals surface area contributed by atoms with Gasteiger partial charge in [-0.25, -0.2) is 4.98 Å². The summed E-state index contributed by atoms with van der Waals surface area (Å²) in [5.41, 5.74) is 5.34. The number of nitrogen functional groups attached to an aromatic ring is 1. The Kier molecular flexibility index (Phi) is 3.24. The lowest BCUT2D eigenvalue weighted by Gasteiger charge is -2.23. The van der Waals surface area contributed by atoms with Crippen molar-refractivity contribution in [3.8, 4) is 0 Å². The molecule has 0 amide bonds. The largest absolute Gasteiger partial charge is 0.394 e. The minimum atomic E-state index is -1.31. The molecule has 8 nitrogen and oxygen atoms in total. The van der Waals surface area contributed by atoms with Crippen molar-refractivity contribution in [3.63, 3.8) is 0 Å². The number of halogens is 1. The van der Waals surface area contributed by atoms with E-state index in [1.54, 1.807) is 6.92 Å². The van der Waals surface area contributed by atoms with Crippen LogP contribution in [-0.4, -0.2) is 37.8 Å². The van der Waals surface area contributed by atoms with E-state index in [0.717, 1.165) is 0 Å². The van der Waals surface area contributed by atoms with Crippen LogP contribution in [0.25, 0.3) is 11.2 Å². The van der Waals surface area contributed by atoms with Gasteiger partial charge in [-0.2, -0.15) is 4.98 Å². The Bertz CT molecular complexity index is 620. The molecule has 0 aliphatic rings. The number of imidazole rings is 1. The first kappa shape index (κ1) is 12.8. The highest BCUT2D eigenvalue weighted by Crippen LogP contribution is 2.25. The van der Waals surface area contributed by atoms with Crippen molar-refractivity contribution in [2.24, 2.45) is 0 Å². The molecule has 0 aliphatic heterocycles. The molecule has 1 atom stereocenters. The predicted octanol–water partition coefficient (Wildman–Crippen LogP) is -0.420. The number of anilines is 1. The number of aliphatic hydroxyl groups excluding tert-OH is 1. The van der Waals surface area contributed by atoms with E-state index in [2.05, 4.69) is 15.0 Å². The zero-order valence-corrected chi connectivity index (χ0v) is 10.3. The zero-order valence-electron chi connectivity index (χ0n) is 9.55. The molecule has 0 bridgehead atoms. The second kappa shape index (κ2) is 4.56. The first-order chi connectivity index (χ1) is 8.45. The Labute approximate surface area is 106 Å². The van der Waals surface area contributed by atoms with Crippen molar-refractivity contribution in [2.45, 2.75) is 12.1 Å². The average Bonchev–Trinajstić information content (AvgIpc) is 2.71. The summed E-state index contributed by atoms with van der Waals surface area (Å²) in [6, 6.07) is 0. The van der Waals surface area contributed by atoms with Crippen molar-refractivity contribution in [1.82, 2.24) is 19.5 Å². The van der Waals surface area contributed by atoms with E-state index in [9.17, 15) is 4.79 Å². The number of alkyl halides is 1. The molecule has 0 spiro atoms. The summed E-state index contributed by atoms with van der Waals surface area (Å²) in [6.45, 7) is 1.41. The molecular weight excluding hydrogens is 262 g/mol. The van der Waals surface area contributed by atoms with Crippen LogP contribution in [-0.2, 0) is 9.92 Å². The number of hydrogen-bond donors (Lipinski definition) is 3. The van der Waals surface area contributed by atoms with Crippen molar-refractivity contribution in [1.29, 1.82) is 0 Å². The number of aromatic amines is 1. The molecule has 2 rings (SSSR count). The van der Waals surface area contributed by atoms with Crippen LogP contribution in [0, 0.1) is 0 Å². The third-order valence-electron chi connectivity index (χ3n) is 2.31. The van der Waals surface area contributed by atoms with Crippen LogP contribution in [0.15, 0.2) is 11.1 Å². The summed E-state index contributed by atoms with van der Waals surface area (Å²) in [5, 5.41) is 7.41. The van der Waals surface area contributed by atoms with E-state index in [1.165, 1.54) is 10.9 Å². The molecule has 98 valence electrons. The van der Waals surface area contributed by atoms with Crippen LogP contribution in [0.5, 0.6) is 0 Å². The van der Waals surface area contributed by atoms with Crippen LogP contribution in [0.1, 0.15) is 6.92 Å². The molecule has 18 heavy (non-hydrogen) atoms. The number of ether oxygens (including phenoxy) is 1. The maximum absolute atomic E-state index is 11.6. The van der Waals surface area contributed by atoms with Gasteiger partial charge in [-0.05, 0) is 6.92 Å². The van der Waals surface area contributed by atoms with E-state index in [-0.39, 0.29) is 30.3 Å². The second-order valence-electron chi connectivity index (χ2n) is 3.68. The molecule has 0 saturated heterocycles. The molecule has 0 aromatic carbocycles. The summed E-state index contributed by atoms with van der Waals surface area (Å²) in [5.74, 6) is -0.0381. The highest BCUT2D eigenvalue weighted by Gasteiger charge is 2.27. The topological polar surface area (TPSA) is 119 Å². The number of aliphatic hydroxyl groups is 1. The summed E-state index contributed by atoms with van der Waals surface area (Å²) in [6.07, 6.45) is 1.33. The van der Waals surface area contributed by atoms with Crippen LogP contribution >= 0.6 is 11.6 Å². The number of aromatic nitrogens is 4. The van der Waals surface area contributed by atoms with Gasteiger partial charge in [0.1, 0.15) is 6.33 Å². The molecule has 1 unspecified atom stereocenters. The smallest absolute Gasteiger partial charge is 0.280 e. The van der Waals surface area contributed by atoms with E-state index in [0.29, 0.717) is 0 Å². The molecule has 4 N–H and O–H groups in total. The number of hydrogen-bond acceptors (Lipinski definition) is 6. The Morgan fingerprint density at radius 2 is 2.44 bits per heavy atom. The molecule has 9 heteroatoms. The van der Waals surface area contributed by atoms with Gasteiger partial charge in [0.05, 0.1) is 13.2 Å². The van der Waals surface area contributed by atoms with Crippen LogP contribution in [0.4, 0.5) is 5.95 Å². The standard InChI is InChI=1S/C9H12ClN5O3/c1-9(10,18-3-2-16)15-4-12-5-6(15)13-8(11)14-7(5)17/h4,16H,2-3H2,1H3,(H3,11,13,14,17). The van der Waals surface area contributed by atoms with Gasteiger partial charge >= 0.3 is 0 Å². The van der Waals surface area contributed by atoms with E-state index < -0.39 is 10.7 Å². The lowest BCUT2D eigenvalue weighted by molar-refractivity contribution is -0.0358. The summed E-state index contributed by atoms with van der Waals surface area (Å²) in [7, 11) is 0. The third kappa shape index (κ3) is 2.17. The minimum absolute atomic E-state index is 0.0381. The van der Waals surface area contributed by atoms with Gasteiger partial charge in [-0.1, -0.05) is 11.6 Å². The van der Waals surface area contributed by atoms with Gasteiger partial charge in [-0.3, -0.25) is 14.3 Å². The summed E-state index contributed by atoms with van der Waals surface area (Å²) < 4.78 is 6.62. The maximum Gasteiger partial charge on any atom is 0.280 e. The Hall–Kier alpha value is -1.64. The van der Waals surface area contributed by atoms with E-state index >= 15 is 0 Å². The number of nitrogens with one attached hydrogen (secondary N) is 1. The van der Waals surface area contributed by atoms with Crippen molar-refractivity contribution < 1.29 is 9.84 Å². The monoisotopic (exact) mass is 273 g/mol. The molecule has 0 fully saturated rings. The molecule has 2 heterocycles. The van der Waals surface area contributed by atoms with E-state index in [4.69, 9.17) is 27.2 Å². The fraction of sp³-hybridized carbons (Fsp3) is 0.444. The van der Waals surface area contributed by atoms with Gasteiger partial charge in [-0.15, -0.1) is 0 Å². The first-order valence-electron chi connectivity index (χ1n) is 5.13. The molecule has 2 aromatic rings. The average molecular weight is 274 g/mol. The SMILES string of the molecule is CC(Cl)(OCCO)n1cnc2c(=O)[nH]c(N)nc21. The van der Waals surface area contributed by atoms with Gasteiger partial charge in [0.25, 0.3) is 5.56 Å². The quantitative estimate of drug-likeness (QED) is 0.651. The van der Waals surface area contributed by atoms with Gasteiger partial charge in [0.15, 0.2) is 11.2 Å². The first-order valence-corrected chi connectivity index (χ1v) is 5.50. The molecular formula is C9H12ClN5O3. The van der Waals surface area contributed by atoms with Gasteiger partial charge in [0.2, 0.25) is 11.1 Å². The third-order valence-corrected chi connectivity index (χ3v) is 2.60. The van der Waals surface area contributed by atoms with Crippen LogP contribution < -0.4 is 11.3 Å². The molecule has 0 saturated carbocycles. The zero-order chi connectivity index (χ0) is 13.3. The number of rotatable bonds is 4. The summed E-state index contributed by atoms with van der Waals surface area (Å²) >= 11 is 6.16. The lowest BCUT2D eigenvalue weighted by Crippen LogP contribution is -2.28. The second-order valence-corrected chi connectivity index (χ2v) is 4.38. The Morgan fingerprint density at radius 3 is 3.11 bits per heavy atom. The fourth-order valence-electron chi connectivity index (χ4n) is 1.52. The summed E-state index contributed by atoms with van der Waals surface area (Å²) in [4.78, 5) is 21.8. The van der Waals surface area contributed by atoms with Crippen molar-refractivity contribution >= 4 is 28.7 Å². The highest BCUT2D eigenvalue weighted by atomic mass is 35.5.